The molecule has 84 valence electrons. The van der Waals surface area contributed by atoms with Crippen molar-refractivity contribution in [3.8, 4) is 0 Å². The molecule has 0 aromatic carbocycles. The van der Waals surface area contributed by atoms with Gasteiger partial charge in [-0.1, -0.05) is 0 Å². The molecular weight excluding hydrogens is 198 g/mol. The van der Waals surface area contributed by atoms with E-state index < -0.39 is 11.9 Å². The number of carbonyl (C=O) groups excluding carboxylic acids is 1. The molecule has 2 unspecified atom stereocenters. The van der Waals surface area contributed by atoms with E-state index >= 15 is 0 Å². The first kappa shape index (κ1) is 10.4. The van der Waals surface area contributed by atoms with Crippen molar-refractivity contribution < 1.29 is 19.4 Å². The van der Waals surface area contributed by atoms with Crippen molar-refractivity contribution in [3.05, 3.63) is 0 Å². The molecule has 0 saturated carbocycles. The zero-order valence-corrected chi connectivity index (χ0v) is 8.52. The Kier molecular flexibility index (Phi) is 2.90. The summed E-state index contributed by atoms with van der Waals surface area (Å²) >= 11 is 0. The molecule has 15 heavy (non-hydrogen) atoms. The maximum absolute atomic E-state index is 11.8. The van der Waals surface area contributed by atoms with Crippen LogP contribution in [0.5, 0.6) is 0 Å². The molecule has 2 aliphatic rings. The summed E-state index contributed by atoms with van der Waals surface area (Å²) in [6, 6.07) is 0. The topological polar surface area (TPSA) is 66.8 Å². The van der Waals surface area contributed by atoms with Crippen LogP contribution in [-0.2, 0) is 14.3 Å². The molecule has 1 N–H and O–H groups in total. The van der Waals surface area contributed by atoms with Crippen LogP contribution >= 0.6 is 0 Å². The third-order valence-electron chi connectivity index (χ3n) is 3.05. The number of carboxylic acids is 1. The predicted molar refractivity (Wildman–Crippen MR) is 51.3 cm³/mol. The number of likely N-dealkylation sites (tertiary alicyclic amines) is 1. The van der Waals surface area contributed by atoms with Gasteiger partial charge in [-0.3, -0.25) is 9.59 Å². The summed E-state index contributed by atoms with van der Waals surface area (Å²) in [5, 5.41) is 8.81. The first-order valence-electron chi connectivity index (χ1n) is 5.31. The molecular formula is C10H15NO4. The highest BCUT2D eigenvalue weighted by atomic mass is 16.5. The van der Waals surface area contributed by atoms with E-state index in [1.165, 1.54) is 0 Å². The van der Waals surface area contributed by atoms with Gasteiger partial charge in [0, 0.05) is 19.7 Å². The van der Waals surface area contributed by atoms with Gasteiger partial charge in [0.2, 0.25) is 0 Å². The number of ether oxygens (including phenoxy) is 1. The highest BCUT2D eigenvalue weighted by Crippen LogP contribution is 2.21. The van der Waals surface area contributed by atoms with Crippen molar-refractivity contribution in [2.75, 3.05) is 19.7 Å². The third-order valence-corrected chi connectivity index (χ3v) is 3.05. The molecule has 2 saturated heterocycles. The van der Waals surface area contributed by atoms with E-state index in [0.717, 1.165) is 12.8 Å². The molecule has 0 aliphatic carbocycles. The summed E-state index contributed by atoms with van der Waals surface area (Å²) in [7, 11) is 0. The fourth-order valence-electron chi connectivity index (χ4n) is 2.14. The van der Waals surface area contributed by atoms with Crippen molar-refractivity contribution in [1.29, 1.82) is 0 Å². The summed E-state index contributed by atoms with van der Waals surface area (Å²) in [5.41, 5.74) is 0. The SMILES string of the molecule is O=C(O)C1CCN(C(=O)C2CCCO2)C1. The van der Waals surface area contributed by atoms with Gasteiger partial charge in [-0.05, 0) is 19.3 Å². The minimum atomic E-state index is -0.808. The fraction of sp³-hybridized carbons (Fsp3) is 0.800. The zero-order chi connectivity index (χ0) is 10.8. The van der Waals surface area contributed by atoms with Gasteiger partial charge in [0.1, 0.15) is 6.10 Å². The maximum atomic E-state index is 11.8. The Hall–Kier alpha value is -1.10. The second kappa shape index (κ2) is 4.18. The fourth-order valence-corrected chi connectivity index (χ4v) is 2.14. The monoisotopic (exact) mass is 213 g/mol. The standard InChI is InChI=1S/C10H15NO4/c12-9(8-2-1-5-15-8)11-4-3-7(6-11)10(13)14/h7-8H,1-6H2,(H,13,14). The number of carboxylic acid groups (broad SMARTS) is 1. The molecule has 2 heterocycles. The van der Waals surface area contributed by atoms with Crippen LogP contribution in [0, 0.1) is 5.92 Å². The van der Waals surface area contributed by atoms with Crippen LogP contribution in [0.1, 0.15) is 19.3 Å². The number of hydrogen-bond donors (Lipinski definition) is 1. The summed E-state index contributed by atoms with van der Waals surface area (Å²) in [6.07, 6.45) is 1.94. The first-order chi connectivity index (χ1) is 7.18. The van der Waals surface area contributed by atoms with E-state index in [9.17, 15) is 9.59 Å². The highest BCUT2D eigenvalue weighted by molar-refractivity contribution is 5.82. The molecule has 1 amide bonds. The number of nitrogens with zero attached hydrogens (tertiary/aromatic N) is 1. The van der Waals surface area contributed by atoms with Crippen LogP contribution in [0.2, 0.25) is 0 Å². The van der Waals surface area contributed by atoms with Crippen LogP contribution in [0.4, 0.5) is 0 Å². The average molecular weight is 213 g/mol. The quantitative estimate of drug-likeness (QED) is 0.706. The smallest absolute Gasteiger partial charge is 0.308 e. The number of amides is 1. The van der Waals surface area contributed by atoms with Gasteiger partial charge in [-0.25, -0.2) is 0 Å². The molecule has 0 spiro atoms. The summed E-state index contributed by atoms with van der Waals surface area (Å²) < 4.78 is 5.28. The van der Waals surface area contributed by atoms with Gasteiger partial charge >= 0.3 is 5.97 Å². The summed E-state index contributed by atoms with van der Waals surface area (Å²) in [4.78, 5) is 24.2. The highest BCUT2D eigenvalue weighted by Gasteiger charge is 2.35. The second-order valence-electron chi connectivity index (χ2n) is 4.11. The molecule has 5 heteroatoms. The van der Waals surface area contributed by atoms with Crippen molar-refractivity contribution in [3.63, 3.8) is 0 Å². The van der Waals surface area contributed by atoms with Gasteiger partial charge in [0.15, 0.2) is 0 Å². The summed E-state index contributed by atoms with van der Waals surface area (Å²) in [6.45, 7) is 1.54. The molecule has 2 aliphatic heterocycles. The third kappa shape index (κ3) is 2.12. The number of carbonyl (C=O) groups is 2. The van der Waals surface area contributed by atoms with E-state index in [1.54, 1.807) is 4.90 Å². The van der Waals surface area contributed by atoms with Crippen LogP contribution in [-0.4, -0.2) is 47.7 Å². The molecule has 2 atom stereocenters. The van der Waals surface area contributed by atoms with Crippen molar-refractivity contribution in [1.82, 2.24) is 4.90 Å². The lowest BCUT2D eigenvalue weighted by atomic mass is 10.1. The van der Waals surface area contributed by atoms with E-state index in [-0.39, 0.29) is 12.0 Å². The molecule has 5 nitrogen and oxygen atoms in total. The van der Waals surface area contributed by atoms with Crippen molar-refractivity contribution in [2.45, 2.75) is 25.4 Å². The minimum absolute atomic E-state index is 0.0312. The van der Waals surface area contributed by atoms with Crippen LogP contribution in [0.3, 0.4) is 0 Å². The minimum Gasteiger partial charge on any atom is -0.481 e. The maximum Gasteiger partial charge on any atom is 0.308 e. The Morgan fingerprint density at radius 1 is 1.33 bits per heavy atom. The Balaban J connectivity index is 1.89. The number of hydrogen-bond acceptors (Lipinski definition) is 3. The van der Waals surface area contributed by atoms with Gasteiger partial charge in [0.05, 0.1) is 5.92 Å². The van der Waals surface area contributed by atoms with E-state index in [1.807, 2.05) is 0 Å². The van der Waals surface area contributed by atoms with Crippen LogP contribution < -0.4 is 0 Å². The Bertz CT molecular complexity index is 273. The summed E-state index contributed by atoms with van der Waals surface area (Å²) in [5.74, 6) is -1.23. The van der Waals surface area contributed by atoms with Gasteiger partial charge in [-0.15, -0.1) is 0 Å². The predicted octanol–water partition coefficient (Wildman–Crippen LogP) is 0.0985. The normalized spacial score (nSPS) is 30.8. The average Bonchev–Trinajstić information content (AvgIpc) is 2.88. The second-order valence-corrected chi connectivity index (χ2v) is 4.11. The molecule has 0 bridgehead atoms. The Morgan fingerprint density at radius 3 is 2.67 bits per heavy atom. The van der Waals surface area contributed by atoms with E-state index in [4.69, 9.17) is 9.84 Å². The molecule has 2 fully saturated rings. The lowest BCUT2D eigenvalue weighted by Gasteiger charge is -2.19. The van der Waals surface area contributed by atoms with Gasteiger partial charge in [-0.2, -0.15) is 0 Å². The first-order valence-corrected chi connectivity index (χ1v) is 5.31. The zero-order valence-electron chi connectivity index (χ0n) is 8.52. The lowest BCUT2D eigenvalue weighted by Crippen LogP contribution is -2.37. The van der Waals surface area contributed by atoms with Crippen LogP contribution in [0.25, 0.3) is 0 Å². The van der Waals surface area contributed by atoms with Crippen molar-refractivity contribution in [2.24, 2.45) is 5.92 Å². The van der Waals surface area contributed by atoms with E-state index in [0.29, 0.717) is 26.1 Å². The number of aliphatic carboxylic acids is 1. The van der Waals surface area contributed by atoms with Crippen molar-refractivity contribution >= 4 is 11.9 Å². The van der Waals surface area contributed by atoms with E-state index in [2.05, 4.69) is 0 Å². The Morgan fingerprint density at radius 2 is 2.13 bits per heavy atom. The lowest BCUT2D eigenvalue weighted by molar-refractivity contribution is -0.142. The largest absolute Gasteiger partial charge is 0.481 e. The van der Waals surface area contributed by atoms with Gasteiger partial charge < -0.3 is 14.7 Å². The van der Waals surface area contributed by atoms with Crippen LogP contribution in [0.15, 0.2) is 0 Å². The molecule has 0 radical (unpaired) electrons. The number of rotatable bonds is 2. The molecule has 2 rings (SSSR count). The van der Waals surface area contributed by atoms with Gasteiger partial charge in [0.25, 0.3) is 5.91 Å². The molecule has 0 aromatic heterocycles. The molecule has 0 aromatic rings. The Labute approximate surface area is 88.0 Å².